The van der Waals surface area contributed by atoms with Gasteiger partial charge < -0.3 is 5.73 Å². The van der Waals surface area contributed by atoms with Crippen LogP contribution in [0, 0.1) is 5.92 Å². The topological polar surface area (TPSA) is 90.9 Å². The largest absolute Gasteiger partial charge is 0.367 e. The fourth-order valence-electron chi connectivity index (χ4n) is 1.78. The molecule has 2 heterocycles. The van der Waals surface area contributed by atoms with Crippen LogP contribution in [0.3, 0.4) is 0 Å². The van der Waals surface area contributed by atoms with Gasteiger partial charge in [0.05, 0.1) is 11.5 Å². The summed E-state index contributed by atoms with van der Waals surface area (Å²) in [5.74, 6) is 1.22. The van der Waals surface area contributed by atoms with Crippen molar-refractivity contribution in [2.45, 2.75) is 19.4 Å². The van der Waals surface area contributed by atoms with Gasteiger partial charge in [-0.05, 0) is 18.8 Å². The highest BCUT2D eigenvalue weighted by Crippen LogP contribution is 2.20. The summed E-state index contributed by atoms with van der Waals surface area (Å²) in [6, 6.07) is 0. The summed E-state index contributed by atoms with van der Waals surface area (Å²) < 4.78 is 24.1. The van der Waals surface area contributed by atoms with Gasteiger partial charge in [-0.15, -0.1) is 5.10 Å². The molecule has 2 N–H and O–H groups in total. The third-order valence-electron chi connectivity index (χ3n) is 2.67. The second kappa shape index (κ2) is 3.80. The molecular formula is C8H14N4O2S. The minimum atomic E-state index is -2.77. The van der Waals surface area contributed by atoms with Gasteiger partial charge >= 0.3 is 0 Å². The maximum absolute atomic E-state index is 11.2. The van der Waals surface area contributed by atoms with Gasteiger partial charge in [-0.25, -0.2) is 13.4 Å². The zero-order valence-corrected chi connectivity index (χ0v) is 9.15. The number of aromatic nitrogens is 3. The summed E-state index contributed by atoms with van der Waals surface area (Å²) in [5, 5.41) is 3.98. The lowest BCUT2D eigenvalue weighted by atomic mass is 10.0. The molecule has 6 nitrogen and oxygen atoms in total. The molecule has 1 fully saturated rings. The number of nitrogens with zero attached hydrogens (tertiary/aromatic N) is 3. The molecule has 0 unspecified atom stereocenters. The fraction of sp³-hybridized carbons (Fsp3) is 0.750. The van der Waals surface area contributed by atoms with Crippen molar-refractivity contribution in [2.24, 2.45) is 5.92 Å². The van der Waals surface area contributed by atoms with Crippen molar-refractivity contribution in [3.63, 3.8) is 0 Å². The van der Waals surface area contributed by atoms with Crippen LogP contribution in [0.1, 0.15) is 12.8 Å². The maximum Gasteiger partial charge on any atom is 0.239 e. The molecule has 0 radical (unpaired) electrons. The molecule has 1 aliphatic rings. The zero-order chi connectivity index (χ0) is 10.9. The summed E-state index contributed by atoms with van der Waals surface area (Å²) >= 11 is 0. The third kappa shape index (κ3) is 2.68. The van der Waals surface area contributed by atoms with E-state index < -0.39 is 9.84 Å². The van der Waals surface area contributed by atoms with Crippen molar-refractivity contribution < 1.29 is 8.42 Å². The highest BCUT2D eigenvalue weighted by Gasteiger charge is 2.23. The summed E-state index contributed by atoms with van der Waals surface area (Å²) in [6.07, 6.45) is 3.00. The molecule has 0 bridgehead atoms. The second-order valence-corrected chi connectivity index (χ2v) is 6.22. The molecule has 15 heavy (non-hydrogen) atoms. The number of hydrogen-bond donors (Lipinski definition) is 1. The van der Waals surface area contributed by atoms with E-state index in [1.54, 1.807) is 11.0 Å². The quantitative estimate of drug-likeness (QED) is 0.752. The van der Waals surface area contributed by atoms with Crippen molar-refractivity contribution in [2.75, 3.05) is 17.2 Å². The normalized spacial score (nSPS) is 21.6. The van der Waals surface area contributed by atoms with Gasteiger partial charge in [-0.2, -0.15) is 0 Å². The second-order valence-electron chi connectivity index (χ2n) is 3.92. The van der Waals surface area contributed by atoms with Crippen LogP contribution in [0.5, 0.6) is 0 Å². The van der Waals surface area contributed by atoms with E-state index in [2.05, 4.69) is 10.1 Å². The minimum absolute atomic E-state index is 0.262. The Hall–Kier alpha value is -1.11. The molecule has 0 amide bonds. The van der Waals surface area contributed by atoms with Crippen LogP contribution in [-0.4, -0.2) is 34.7 Å². The lowest BCUT2D eigenvalue weighted by molar-refractivity contribution is 0.384. The van der Waals surface area contributed by atoms with Gasteiger partial charge in [0.15, 0.2) is 0 Å². The Labute approximate surface area is 88.4 Å². The molecule has 1 aromatic rings. The Morgan fingerprint density at radius 1 is 1.47 bits per heavy atom. The first-order chi connectivity index (χ1) is 7.05. The van der Waals surface area contributed by atoms with E-state index in [0.29, 0.717) is 36.8 Å². The van der Waals surface area contributed by atoms with E-state index in [1.807, 2.05) is 0 Å². The van der Waals surface area contributed by atoms with Gasteiger partial charge in [0.1, 0.15) is 16.2 Å². The van der Waals surface area contributed by atoms with Crippen LogP contribution >= 0.6 is 0 Å². The van der Waals surface area contributed by atoms with Gasteiger partial charge in [-0.3, -0.25) is 4.68 Å². The van der Waals surface area contributed by atoms with Crippen molar-refractivity contribution in [3.8, 4) is 0 Å². The summed E-state index contributed by atoms with van der Waals surface area (Å²) in [4.78, 5) is 3.82. The number of nitrogen functional groups attached to an aromatic ring is 1. The van der Waals surface area contributed by atoms with E-state index >= 15 is 0 Å². The molecule has 84 valence electrons. The van der Waals surface area contributed by atoms with Gasteiger partial charge in [-0.1, -0.05) is 0 Å². The molecule has 1 aromatic heterocycles. The zero-order valence-electron chi connectivity index (χ0n) is 8.33. The Morgan fingerprint density at radius 3 is 2.67 bits per heavy atom. The number of rotatable bonds is 2. The van der Waals surface area contributed by atoms with E-state index in [0.717, 1.165) is 0 Å². The maximum atomic E-state index is 11.2. The molecule has 0 saturated carbocycles. The standard InChI is InChI=1S/C8H14N4O2S/c9-8-10-6-12(11-8)5-7-1-3-15(13,14)4-2-7/h6-7H,1-5H2,(H2,9,11). The van der Waals surface area contributed by atoms with Crippen molar-refractivity contribution in [1.29, 1.82) is 0 Å². The molecule has 0 aromatic carbocycles. The van der Waals surface area contributed by atoms with Crippen LogP contribution in [0.25, 0.3) is 0 Å². The van der Waals surface area contributed by atoms with Crippen molar-refractivity contribution >= 4 is 15.8 Å². The number of nitrogens with two attached hydrogens (primary N) is 1. The predicted octanol–water partition coefficient (Wildman–Crippen LogP) is -0.315. The summed E-state index contributed by atoms with van der Waals surface area (Å²) in [6.45, 7) is 0.708. The fourth-order valence-corrected chi connectivity index (χ4v) is 3.37. The minimum Gasteiger partial charge on any atom is -0.367 e. The monoisotopic (exact) mass is 230 g/mol. The first-order valence-electron chi connectivity index (χ1n) is 4.90. The molecule has 0 aliphatic carbocycles. The van der Waals surface area contributed by atoms with E-state index in [9.17, 15) is 8.42 Å². The Kier molecular flexibility index (Phi) is 2.64. The molecular weight excluding hydrogens is 216 g/mol. The Balaban J connectivity index is 1.92. The van der Waals surface area contributed by atoms with E-state index in [4.69, 9.17) is 5.73 Å². The summed E-state index contributed by atoms with van der Waals surface area (Å²) in [7, 11) is -2.77. The van der Waals surface area contributed by atoms with Crippen LogP contribution in [-0.2, 0) is 16.4 Å². The van der Waals surface area contributed by atoms with Crippen molar-refractivity contribution in [1.82, 2.24) is 14.8 Å². The van der Waals surface area contributed by atoms with Gasteiger partial charge in [0.25, 0.3) is 0 Å². The Bertz CT molecular complexity index is 425. The highest BCUT2D eigenvalue weighted by atomic mass is 32.2. The smallest absolute Gasteiger partial charge is 0.239 e. The average molecular weight is 230 g/mol. The number of anilines is 1. The van der Waals surface area contributed by atoms with Crippen LogP contribution in [0.15, 0.2) is 6.33 Å². The molecule has 7 heteroatoms. The molecule has 0 atom stereocenters. The Morgan fingerprint density at radius 2 is 2.13 bits per heavy atom. The number of sulfone groups is 1. The molecule has 1 saturated heterocycles. The highest BCUT2D eigenvalue weighted by molar-refractivity contribution is 7.91. The van der Waals surface area contributed by atoms with Crippen LogP contribution in [0.4, 0.5) is 5.95 Å². The average Bonchev–Trinajstić information content (AvgIpc) is 2.55. The first-order valence-corrected chi connectivity index (χ1v) is 6.73. The third-order valence-corrected chi connectivity index (χ3v) is 4.39. The molecule has 0 spiro atoms. The lowest BCUT2D eigenvalue weighted by Gasteiger charge is -2.21. The van der Waals surface area contributed by atoms with Gasteiger partial charge in [0.2, 0.25) is 5.95 Å². The SMILES string of the molecule is Nc1ncn(CC2CCS(=O)(=O)CC2)n1. The van der Waals surface area contributed by atoms with Crippen LogP contribution in [0.2, 0.25) is 0 Å². The summed E-state index contributed by atoms with van der Waals surface area (Å²) in [5.41, 5.74) is 5.39. The van der Waals surface area contributed by atoms with E-state index in [1.165, 1.54) is 0 Å². The molecule has 1 aliphatic heterocycles. The van der Waals surface area contributed by atoms with Crippen LogP contribution < -0.4 is 5.73 Å². The van der Waals surface area contributed by atoms with E-state index in [-0.39, 0.29) is 5.95 Å². The lowest BCUT2D eigenvalue weighted by Crippen LogP contribution is -2.26. The molecule has 2 rings (SSSR count). The van der Waals surface area contributed by atoms with Gasteiger partial charge in [0, 0.05) is 6.54 Å². The number of hydrogen-bond acceptors (Lipinski definition) is 5. The predicted molar refractivity (Wildman–Crippen MR) is 55.8 cm³/mol. The first kappa shape index (κ1) is 10.4. The van der Waals surface area contributed by atoms with Crippen molar-refractivity contribution in [3.05, 3.63) is 6.33 Å².